The first-order chi connectivity index (χ1) is 32.5. The van der Waals surface area contributed by atoms with Crippen LogP contribution in [0.2, 0.25) is 0 Å². The van der Waals surface area contributed by atoms with Crippen LogP contribution in [0.3, 0.4) is 0 Å². The van der Waals surface area contributed by atoms with E-state index in [-0.39, 0.29) is 18.5 Å². The minimum absolute atomic E-state index is 0.000889. The second kappa shape index (κ2) is 48.8. The summed E-state index contributed by atoms with van der Waals surface area (Å²) in [4.78, 5) is 31.2. The molecule has 1 rings (SSSR count). The summed E-state index contributed by atoms with van der Waals surface area (Å²) >= 11 is 0. The van der Waals surface area contributed by atoms with Crippen molar-refractivity contribution in [1.29, 1.82) is 0 Å². The highest BCUT2D eigenvalue weighted by atomic mass is 16.5. The lowest BCUT2D eigenvalue weighted by molar-refractivity contribution is -0.145. The number of aliphatic hydroxyl groups excluding tert-OH is 1. The third-order valence-electron chi connectivity index (χ3n) is 15.1. The Labute approximate surface area is 412 Å². The number of unbranched alkanes of at least 4 members (excludes halogenated alkanes) is 24. The molecular weight excluding hydrogens is 815 g/mol. The molecule has 0 spiro atoms. The van der Waals surface area contributed by atoms with E-state index in [9.17, 15) is 14.7 Å². The maximum Gasteiger partial charge on any atom is 0.305 e. The number of ether oxygens (including phenoxy) is 1. The van der Waals surface area contributed by atoms with Crippen LogP contribution < -0.4 is 5.32 Å². The second-order valence-electron chi connectivity index (χ2n) is 21.3. The highest BCUT2D eigenvalue weighted by molar-refractivity contribution is 5.75. The molecule has 0 aromatic rings. The number of nitrogens with zero attached hydrogens (tertiary/aromatic N) is 2. The lowest BCUT2D eigenvalue weighted by Gasteiger charge is -2.33. The van der Waals surface area contributed by atoms with Crippen molar-refractivity contribution in [2.75, 3.05) is 52.5 Å². The van der Waals surface area contributed by atoms with E-state index in [4.69, 9.17) is 4.74 Å². The summed E-state index contributed by atoms with van der Waals surface area (Å²) in [5, 5.41) is 13.4. The van der Waals surface area contributed by atoms with Gasteiger partial charge < -0.3 is 20.1 Å². The fourth-order valence-corrected chi connectivity index (χ4v) is 10.6. The number of aliphatic hydroxyl groups is 1. The van der Waals surface area contributed by atoms with Crippen molar-refractivity contribution in [3.05, 3.63) is 0 Å². The predicted octanol–water partition coefficient (Wildman–Crippen LogP) is 16.3. The summed E-state index contributed by atoms with van der Waals surface area (Å²) in [5.74, 6) is 1.39. The molecule has 1 saturated carbocycles. The van der Waals surface area contributed by atoms with E-state index in [1.807, 2.05) is 0 Å². The highest BCUT2D eigenvalue weighted by Gasteiger charge is 2.21. The molecule has 1 amide bonds. The van der Waals surface area contributed by atoms with Crippen molar-refractivity contribution in [3.8, 4) is 0 Å². The smallest absolute Gasteiger partial charge is 0.305 e. The zero-order chi connectivity index (χ0) is 47.8. The van der Waals surface area contributed by atoms with Crippen molar-refractivity contribution < 1.29 is 19.4 Å². The molecule has 0 aromatic carbocycles. The Balaban J connectivity index is 2.61. The number of hydrogen-bond donors (Lipinski definition) is 2. The van der Waals surface area contributed by atoms with E-state index < -0.39 is 0 Å². The Kier molecular flexibility index (Phi) is 46.5. The Morgan fingerprint density at radius 2 is 0.909 bits per heavy atom. The van der Waals surface area contributed by atoms with Gasteiger partial charge in [0.05, 0.1) is 13.2 Å². The van der Waals surface area contributed by atoms with Crippen LogP contribution in [0, 0.1) is 11.8 Å². The molecule has 1 aliphatic rings. The molecule has 66 heavy (non-hydrogen) atoms. The molecule has 7 nitrogen and oxygen atoms in total. The maximum atomic E-state index is 13.1. The van der Waals surface area contributed by atoms with Crippen LogP contribution in [-0.4, -0.2) is 85.3 Å². The van der Waals surface area contributed by atoms with Crippen LogP contribution >= 0.6 is 0 Å². The van der Waals surface area contributed by atoms with Gasteiger partial charge in [0.25, 0.3) is 0 Å². The van der Waals surface area contributed by atoms with Crippen molar-refractivity contribution in [1.82, 2.24) is 15.1 Å². The number of rotatable bonds is 50. The molecule has 0 atom stereocenters. The Bertz CT molecular complexity index is 925. The normalized spacial score (nSPS) is 13.7. The van der Waals surface area contributed by atoms with Crippen LogP contribution in [0.1, 0.15) is 297 Å². The van der Waals surface area contributed by atoms with E-state index in [1.54, 1.807) is 0 Å². The fourth-order valence-electron chi connectivity index (χ4n) is 10.6. The summed E-state index contributed by atoms with van der Waals surface area (Å²) in [5.41, 5.74) is 0. The third kappa shape index (κ3) is 39.6. The lowest BCUT2D eigenvalue weighted by Crippen LogP contribution is -2.43. The van der Waals surface area contributed by atoms with Gasteiger partial charge in [-0.05, 0) is 89.1 Å². The Morgan fingerprint density at radius 3 is 1.38 bits per heavy atom. The van der Waals surface area contributed by atoms with Gasteiger partial charge in [0.1, 0.15) is 0 Å². The Hall–Kier alpha value is -1.18. The number of amides is 1. The number of esters is 1. The lowest BCUT2D eigenvalue weighted by atomic mass is 9.94. The SMILES string of the molecule is CCCCCCCCC(CCCCCCCC)CNC(=O)CCCCCN(CCCCCC(=O)OCC(CCCCCCCC)CCCCCCCC)CCN(CCO)C1CCCCCC1. The van der Waals surface area contributed by atoms with Crippen LogP contribution in [-0.2, 0) is 14.3 Å². The summed E-state index contributed by atoms with van der Waals surface area (Å²) in [6, 6.07) is 0.596. The quantitative estimate of drug-likeness (QED) is 0.0359. The zero-order valence-corrected chi connectivity index (χ0v) is 45.2. The molecule has 1 aliphatic carbocycles. The Morgan fingerprint density at radius 1 is 0.485 bits per heavy atom. The van der Waals surface area contributed by atoms with Crippen molar-refractivity contribution in [2.24, 2.45) is 11.8 Å². The number of carbonyl (C=O) groups excluding carboxylic acids is 2. The molecule has 0 unspecified atom stereocenters. The highest BCUT2D eigenvalue weighted by Crippen LogP contribution is 2.24. The van der Waals surface area contributed by atoms with Gasteiger partial charge in [0.15, 0.2) is 0 Å². The average molecular weight is 933 g/mol. The summed E-state index contributed by atoms with van der Waals surface area (Å²) < 4.78 is 5.95. The first kappa shape index (κ1) is 62.8. The van der Waals surface area contributed by atoms with E-state index in [2.05, 4.69) is 42.8 Å². The van der Waals surface area contributed by atoms with E-state index >= 15 is 0 Å². The second-order valence-corrected chi connectivity index (χ2v) is 21.3. The van der Waals surface area contributed by atoms with Gasteiger partial charge in [-0.2, -0.15) is 0 Å². The minimum Gasteiger partial charge on any atom is -0.465 e. The summed E-state index contributed by atoms with van der Waals surface area (Å²) in [6.45, 7) is 15.7. The standard InChI is InChI=1S/C59H117N3O4/c1-5-9-13-17-21-29-39-55(40-30-22-18-14-10-6-2)53-60-58(64)45-35-27-37-47-61(49-50-62(51-52-63)57-43-33-25-26-34-44-57)48-38-28-36-46-59(65)66-54-56(41-31-23-19-15-11-7-3)42-32-24-20-16-12-8-4/h55-57,63H,5-54H2,1-4H3,(H,60,64). The van der Waals surface area contributed by atoms with Gasteiger partial charge in [-0.1, -0.05) is 220 Å². The van der Waals surface area contributed by atoms with Crippen molar-refractivity contribution >= 4 is 11.9 Å². The zero-order valence-electron chi connectivity index (χ0n) is 45.2. The van der Waals surface area contributed by atoms with Gasteiger partial charge >= 0.3 is 5.97 Å². The topological polar surface area (TPSA) is 82.1 Å². The van der Waals surface area contributed by atoms with Gasteiger partial charge in [0.2, 0.25) is 5.91 Å². The molecule has 392 valence electrons. The molecule has 0 radical (unpaired) electrons. The number of nitrogens with one attached hydrogen (secondary N) is 1. The average Bonchev–Trinajstić information content (AvgIpc) is 3.61. The monoisotopic (exact) mass is 932 g/mol. The van der Waals surface area contributed by atoms with Crippen LogP contribution in [0.25, 0.3) is 0 Å². The maximum absolute atomic E-state index is 13.1. The van der Waals surface area contributed by atoms with Crippen LogP contribution in [0.5, 0.6) is 0 Å². The first-order valence-corrected chi connectivity index (χ1v) is 30.0. The van der Waals surface area contributed by atoms with E-state index in [0.717, 1.165) is 77.8 Å². The van der Waals surface area contributed by atoms with E-state index in [0.29, 0.717) is 37.3 Å². The summed E-state index contributed by atoms with van der Waals surface area (Å²) in [7, 11) is 0. The van der Waals surface area contributed by atoms with Gasteiger partial charge in [-0.25, -0.2) is 0 Å². The minimum atomic E-state index is 0.000889. The fraction of sp³-hybridized carbons (Fsp3) is 0.966. The van der Waals surface area contributed by atoms with Crippen molar-refractivity contribution in [3.63, 3.8) is 0 Å². The third-order valence-corrected chi connectivity index (χ3v) is 15.1. The van der Waals surface area contributed by atoms with Crippen LogP contribution in [0.15, 0.2) is 0 Å². The largest absolute Gasteiger partial charge is 0.465 e. The molecule has 0 bridgehead atoms. The molecule has 0 heterocycles. The molecule has 1 fully saturated rings. The molecule has 0 aliphatic heterocycles. The molecule has 0 aromatic heterocycles. The number of carbonyl (C=O) groups is 2. The predicted molar refractivity (Wildman–Crippen MR) is 286 cm³/mol. The van der Waals surface area contributed by atoms with Crippen LogP contribution in [0.4, 0.5) is 0 Å². The van der Waals surface area contributed by atoms with E-state index in [1.165, 1.54) is 218 Å². The van der Waals surface area contributed by atoms with Gasteiger partial charge in [-0.3, -0.25) is 14.5 Å². The van der Waals surface area contributed by atoms with Gasteiger partial charge in [-0.15, -0.1) is 0 Å². The molecule has 2 N–H and O–H groups in total. The van der Waals surface area contributed by atoms with Crippen molar-refractivity contribution in [2.45, 2.75) is 303 Å². The first-order valence-electron chi connectivity index (χ1n) is 30.0. The van der Waals surface area contributed by atoms with Gasteiger partial charge in [0, 0.05) is 45.1 Å². The molecule has 0 saturated heterocycles. The summed E-state index contributed by atoms with van der Waals surface area (Å²) in [6.07, 6.45) is 52.0. The number of hydrogen-bond acceptors (Lipinski definition) is 6. The molecule has 7 heteroatoms. The molecular formula is C59H117N3O4.